The first-order valence-corrected chi connectivity index (χ1v) is 7.22. The van der Waals surface area contributed by atoms with Crippen LogP contribution < -0.4 is 10.1 Å². The van der Waals surface area contributed by atoms with Gasteiger partial charge >= 0.3 is 0 Å². The lowest BCUT2D eigenvalue weighted by atomic mass is 10.1. The second kappa shape index (κ2) is 6.72. The van der Waals surface area contributed by atoms with Crippen LogP contribution in [0.15, 0.2) is 36.4 Å². The molecule has 0 amide bonds. The molecule has 21 heavy (non-hydrogen) atoms. The third-order valence-corrected chi connectivity index (χ3v) is 3.38. The minimum Gasteiger partial charge on any atom is -0.457 e. The molecule has 0 saturated heterocycles. The molecule has 2 rings (SSSR count). The van der Waals surface area contributed by atoms with E-state index < -0.39 is 0 Å². The molecule has 2 aromatic carbocycles. The number of hydrogen-bond acceptors (Lipinski definition) is 2. The number of hydrogen-bond donors (Lipinski definition) is 1. The lowest BCUT2D eigenvalue weighted by Gasteiger charge is -2.13. The second-order valence-electron chi connectivity index (χ2n) is 5.64. The summed E-state index contributed by atoms with van der Waals surface area (Å²) in [6, 6.07) is 11.3. The lowest BCUT2D eigenvalue weighted by Crippen LogP contribution is -2.22. The van der Waals surface area contributed by atoms with Gasteiger partial charge in [0.25, 0.3) is 0 Å². The monoisotopic (exact) mass is 287 g/mol. The Balaban J connectivity index is 2.10. The Kier molecular flexibility index (Phi) is 4.97. The van der Waals surface area contributed by atoms with E-state index in [1.807, 2.05) is 12.1 Å². The van der Waals surface area contributed by atoms with E-state index in [0.717, 1.165) is 12.3 Å². The third kappa shape index (κ3) is 4.30. The quantitative estimate of drug-likeness (QED) is 0.858. The Morgan fingerprint density at radius 3 is 2.19 bits per heavy atom. The van der Waals surface area contributed by atoms with E-state index in [9.17, 15) is 4.39 Å². The first-order valence-electron chi connectivity index (χ1n) is 7.22. The maximum Gasteiger partial charge on any atom is 0.127 e. The average molecular weight is 287 g/mol. The molecule has 0 aliphatic carbocycles. The van der Waals surface area contributed by atoms with Gasteiger partial charge in [-0.3, -0.25) is 0 Å². The normalized spacial score (nSPS) is 11.0. The van der Waals surface area contributed by atoms with Crippen LogP contribution in [0, 0.1) is 19.7 Å². The van der Waals surface area contributed by atoms with Gasteiger partial charge in [0, 0.05) is 12.6 Å². The summed E-state index contributed by atoms with van der Waals surface area (Å²) in [5, 5.41) is 3.40. The number of halogens is 1. The number of rotatable bonds is 5. The van der Waals surface area contributed by atoms with Crippen LogP contribution in [-0.2, 0) is 6.54 Å². The predicted molar refractivity (Wildman–Crippen MR) is 84.4 cm³/mol. The van der Waals surface area contributed by atoms with Gasteiger partial charge < -0.3 is 10.1 Å². The number of aryl methyl sites for hydroxylation is 2. The summed E-state index contributed by atoms with van der Waals surface area (Å²) in [6.07, 6.45) is 0. The Morgan fingerprint density at radius 1 is 1.00 bits per heavy atom. The molecule has 0 saturated carbocycles. The zero-order valence-corrected chi connectivity index (χ0v) is 13.0. The molecular formula is C18H22FNO. The van der Waals surface area contributed by atoms with Crippen LogP contribution in [0.5, 0.6) is 11.5 Å². The Labute approximate surface area is 126 Å². The first-order chi connectivity index (χ1) is 9.95. The van der Waals surface area contributed by atoms with Gasteiger partial charge in [0.15, 0.2) is 0 Å². The van der Waals surface area contributed by atoms with E-state index in [0.29, 0.717) is 17.4 Å². The van der Waals surface area contributed by atoms with Crippen LogP contribution in [-0.4, -0.2) is 6.04 Å². The molecule has 0 atom stereocenters. The molecule has 0 unspecified atom stereocenters. The van der Waals surface area contributed by atoms with Crippen LogP contribution in [0.3, 0.4) is 0 Å². The molecule has 0 aliphatic rings. The molecule has 0 fully saturated rings. The molecular weight excluding hydrogens is 265 g/mol. The molecule has 0 spiro atoms. The molecule has 0 radical (unpaired) electrons. The smallest absolute Gasteiger partial charge is 0.127 e. The second-order valence-corrected chi connectivity index (χ2v) is 5.64. The summed E-state index contributed by atoms with van der Waals surface area (Å²) >= 11 is 0. The van der Waals surface area contributed by atoms with E-state index in [4.69, 9.17) is 4.74 Å². The van der Waals surface area contributed by atoms with Gasteiger partial charge in [0.2, 0.25) is 0 Å². The number of nitrogens with one attached hydrogen (secondary N) is 1. The van der Waals surface area contributed by atoms with Crippen LogP contribution in [0.25, 0.3) is 0 Å². The highest BCUT2D eigenvalue weighted by Gasteiger charge is 2.05. The summed E-state index contributed by atoms with van der Waals surface area (Å²) in [6.45, 7) is 8.90. The molecule has 0 bridgehead atoms. The van der Waals surface area contributed by atoms with Crippen molar-refractivity contribution in [1.82, 2.24) is 5.32 Å². The van der Waals surface area contributed by atoms with Gasteiger partial charge in [0.1, 0.15) is 17.3 Å². The van der Waals surface area contributed by atoms with E-state index in [-0.39, 0.29) is 5.82 Å². The van der Waals surface area contributed by atoms with Crippen LogP contribution >= 0.6 is 0 Å². The standard InChI is InChI=1S/C18H22FNO/c1-12(2)20-11-15-5-6-16(9-13(15)3)21-17-7-8-18(19)14(4)10-17/h5-10,12,20H,11H2,1-4H3. The fraction of sp³-hybridized carbons (Fsp3) is 0.333. The fourth-order valence-electron chi connectivity index (χ4n) is 2.06. The average Bonchev–Trinajstić information content (AvgIpc) is 2.42. The summed E-state index contributed by atoms with van der Waals surface area (Å²) in [5.74, 6) is 1.21. The molecule has 112 valence electrons. The molecule has 2 nitrogen and oxygen atoms in total. The minimum atomic E-state index is -0.214. The topological polar surface area (TPSA) is 21.3 Å². The molecule has 1 N–H and O–H groups in total. The van der Waals surface area contributed by atoms with Crippen molar-refractivity contribution in [3.8, 4) is 11.5 Å². The van der Waals surface area contributed by atoms with E-state index in [2.05, 4.69) is 32.2 Å². The lowest BCUT2D eigenvalue weighted by molar-refractivity contribution is 0.478. The van der Waals surface area contributed by atoms with Gasteiger partial charge in [-0.25, -0.2) is 4.39 Å². The number of benzene rings is 2. The van der Waals surface area contributed by atoms with Crippen molar-refractivity contribution < 1.29 is 9.13 Å². The Bertz CT molecular complexity index is 623. The van der Waals surface area contributed by atoms with Crippen molar-refractivity contribution >= 4 is 0 Å². The van der Waals surface area contributed by atoms with Crippen molar-refractivity contribution in [3.05, 3.63) is 58.9 Å². The summed E-state index contributed by atoms with van der Waals surface area (Å²) < 4.78 is 19.0. The number of ether oxygens (including phenoxy) is 1. The van der Waals surface area contributed by atoms with Gasteiger partial charge in [-0.15, -0.1) is 0 Å². The van der Waals surface area contributed by atoms with Crippen molar-refractivity contribution in [2.45, 2.75) is 40.3 Å². The summed E-state index contributed by atoms with van der Waals surface area (Å²) in [4.78, 5) is 0. The maximum atomic E-state index is 13.2. The van der Waals surface area contributed by atoms with Crippen molar-refractivity contribution in [3.63, 3.8) is 0 Å². The molecule has 2 aromatic rings. The highest BCUT2D eigenvalue weighted by atomic mass is 19.1. The van der Waals surface area contributed by atoms with E-state index >= 15 is 0 Å². The zero-order chi connectivity index (χ0) is 15.4. The SMILES string of the molecule is Cc1cc(Oc2ccc(CNC(C)C)c(C)c2)ccc1F. The fourth-order valence-corrected chi connectivity index (χ4v) is 2.06. The summed E-state index contributed by atoms with van der Waals surface area (Å²) in [7, 11) is 0. The Hall–Kier alpha value is -1.87. The van der Waals surface area contributed by atoms with Gasteiger partial charge in [0.05, 0.1) is 0 Å². The molecule has 0 aromatic heterocycles. The van der Waals surface area contributed by atoms with Crippen molar-refractivity contribution in [1.29, 1.82) is 0 Å². The maximum absolute atomic E-state index is 13.2. The predicted octanol–water partition coefficient (Wildman–Crippen LogP) is 4.73. The summed E-state index contributed by atoms with van der Waals surface area (Å²) in [5.41, 5.74) is 3.02. The van der Waals surface area contributed by atoms with Crippen LogP contribution in [0.4, 0.5) is 4.39 Å². The van der Waals surface area contributed by atoms with Crippen LogP contribution in [0.2, 0.25) is 0 Å². The Morgan fingerprint density at radius 2 is 1.62 bits per heavy atom. The van der Waals surface area contributed by atoms with Gasteiger partial charge in [-0.2, -0.15) is 0 Å². The molecule has 0 heterocycles. The van der Waals surface area contributed by atoms with E-state index in [1.54, 1.807) is 19.1 Å². The largest absolute Gasteiger partial charge is 0.457 e. The van der Waals surface area contributed by atoms with Gasteiger partial charge in [-0.05, 0) is 60.9 Å². The molecule has 3 heteroatoms. The zero-order valence-electron chi connectivity index (χ0n) is 13.0. The third-order valence-electron chi connectivity index (χ3n) is 3.38. The molecule has 0 aliphatic heterocycles. The van der Waals surface area contributed by atoms with Gasteiger partial charge in [-0.1, -0.05) is 19.9 Å². The highest BCUT2D eigenvalue weighted by molar-refractivity contribution is 5.39. The van der Waals surface area contributed by atoms with E-state index in [1.165, 1.54) is 17.2 Å². The first kappa shape index (κ1) is 15.5. The van der Waals surface area contributed by atoms with Crippen molar-refractivity contribution in [2.24, 2.45) is 0 Å². The minimum absolute atomic E-state index is 0.214. The van der Waals surface area contributed by atoms with Crippen LogP contribution in [0.1, 0.15) is 30.5 Å². The van der Waals surface area contributed by atoms with Crippen molar-refractivity contribution in [2.75, 3.05) is 0 Å². The highest BCUT2D eigenvalue weighted by Crippen LogP contribution is 2.25.